The van der Waals surface area contributed by atoms with E-state index in [2.05, 4.69) is 15.8 Å². The molecule has 2 aliphatic carbocycles. The number of carbonyl (C=O) groups is 1. The molecule has 1 aromatic heterocycles. The van der Waals surface area contributed by atoms with Gasteiger partial charge in [-0.1, -0.05) is 19.3 Å². The number of hydrogen-bond donors (Lipinski definition) is 0. The van der Waals surface area contributed by atoms with Crippen LogP contribution in [0.15, 0.2) is 5.38 Å². The van der Waals surface area contributed by atoms with E-state index in [-0.39, 0.29) is 0 Å². The maximum absolute atomic E-state index is 11.5. The van der Waals surface area contributed by atoms with Gasteiger partial charge >= 0.3 is 5.97 Å². The monoisotopic (exact) mass is 290 g/mol. The minimum absolute atomic E-state index is 0.326. The maximum atomic E-state index is 11.5. The Labute approximate surface area is 122 Å². The number of ether oxygens (including phenoxy) is 1. The molecule has 4 nitrogen and oxygen atoms in total. The van der Waals surface area contributed by atoms with Crippen LogP contribution < -0.4 is 0 Å². The van der Waals surface area contributed by atoms with E-state index in [1.165, 1.54) is 50.6 Å². The highest BCUT2D eigenvalue weighted by molar-refractivity contribution is 7.10. The number of methoxy groups -OCH3 is 1. The van der Waals surface area contributed by atoms with Crippen LogP contribution in [0.5, 0.6) is 0 Å². The Morgan fingerprint density at radius 3 is 2.70 bits per heavy atom. The summed E-state index contributed by atoms with van der Waals surface area (Å²) in [6.45, 7) is 0. The van der Waals surface area contributed by atoms with Gasteiger partial charge in [0, 0.05) is 5.38 Å². The van der Waals surface area contributed by atoms with E-state index in [9.17, 15) is 10.1 Å². The molecular weight excluding hydrogens is 272 g/mol. The fourth-order valence-electron chi connectivity index (χ4n) is 3.85. The zero-order valence-electron chi connectivity index (χ0n) is 11.6. The van der Waals surface area contributed by atoms with Crippen LogP contribution in [0.2, 0.25) is 0 Å². The number of carbonyl (C=O) groups excluding carboxylic acids is 1. The van der Waals surface area contributed by atoms with Crippen molar-refractivity contribution in [2.75, 3.05) is 7.11 Å². The van der Waals surface area contributed by atoms with Gasteiger partial charge in [-0.2, -0.15) is 5.26 Å². The van der Waals surface area contributed by atoms with Crippen LogP contribution >= 0.6 is 11.3 Å². The molecule has 0 aliphatic heterocycles. The average Bonchev–Trinajstić information content (AvgIpc) is 2.94. The summed E-state index contributed by atoms with van der Waals surface area (Å²) in [6, 6.07) is 2.47. The van der Waals surface area contributed by atoms with Crippen molar-refractivity contribution >= 4 is 17.3 Å². The zero-order chi connectivity index (χ0) is 14.2. The third kappa shape index (κ3) is 2.03. The van der Waals surface area contributed by atoms with Crippen molar-refractivity contribution in [2.24, 2.45) is 5.41 Å². The number of hydrogen-bond acceptors (Lipinski definition) is 5. The summed E-state index contributed by atoms with van der Waals surface area (Å²) in [4.78, 5) is 15.8. The molecule has 3 rings (SSSR count). The topological polar surface area (TPSA) is 63.0 Å². The molecule has 106 valence electrons. The molecule has 0 radical (unpaired) electrons. The normalized spacial score (nSPS) is 22.8. The van der Waals surface area contributed by atoms with Crippen molar-refractivity contribution in [2.45, 2.75) is 50.4 Å². The first-order valence-corrected chi connectivity index (χ1v) is 7.97. The van der Waals surface area contributed by atoms with Crippen molar-refractivity contribution in [1.29, 1.82) is 5.26 Å². The van der Waals surface area contributed by atoms with Crippen molar-refractivity contribution in [1.82, 2.24) is 4.98 Å². The molecule has 0 N–H and O–H groups in total. The number of nitriles is 1. The van der Waals surface area contributed by atoms with Crippen LogP contribution in [0.4, 0.5) is 0 Å². The van der Waals surface area contributed by atoms with Crippen molar-refractivity contribution in [3.8, 4) is 6.07 Å². The second kappa shape index (κ2) is 4.85. The Morgan fingerprint density at radius 2 is 2.10 bits per heavy atom. The minimum atomic E-state index is -0.464. The molecule has 0 amide bonds. The minimum Gasteiger partial charge on any atom is -0.464 e. The maximum Gasteiger partial charge on any atom is 0.357 e. The molecule has 1 heterocycles. The molecule has 5 heteroatoms. The summed E-state index contributed by atoms with van der Waals surface area (Å²) in [7, 11) is 1.35. The standard InChI is InChI=1S/C15H18N2O2S/c1-19-12(18)11-7-20-13(17-11)15(10-16)8-14(9-15)5-3-2-4-6-14/h7H,2-6,8-9H2,1H3. The molecular formula is C15H18N2O2S. The molecule has 1 spiro atoms. The molecule has 0 aromatic carbocycles. The fourth-order valence-corrected chi connectivity index (χ4v) is 4.79. The first kappa shape index (κ1) is 13.6. The highest BCUT2D eigenvalue weighted by Crippen LogP contribution is 2.61. The molecule has 20 heavy (non-hydrogen) atoms. The first-order valence-electron chi connectivity index (χ1n) is 7.09. The quantitative estimate of drug-likeness (QED) is 0.783. The van der Waals surface area contributed by atoms with Crippen molar-refractivity contribution in [3.05, 3.63) is 16.1 Å². The van der Waals surface area contributed by atoms with Gasteiger partial charge in [-0.25, -0.2) is 9.78 Å². The van der Waals surface area contributed by atoms with E-state index in [1.54, 1.807) is 5.38 Å². The number of rotatable bonds is 2. The molecule has 2 fully saturated rings. The van der Waals surface area contributed by atoms with E-state index < -0.39 is 11.4 Å². The van der Waals surface area contributed by atoms with Gasteiger partial charge in [-0.15, -0.1) is 11.3 Å². The van der Waals surface area contributed by atoms with Gasteiger partial charge in [0.2, 0.25) is 0 Å². The van der Waals surface area contributed by atoms with Crippen LogP contribution in [0.25, 0.3) is 0 Å². The highest BCUT2D eigenvalue weighted by Gasteiger charge is 2.57. The van der Waals surface area contributed by atoms with Crippen LogP contribution in [0.3, 0.4) is 0 Å². The summed E-state index contributed by atoms with van der Waals surface area (Å²) in [5, 5.41) is 12.1. The van der Waals surface area contributed by atoms with Crippen LogP contribution in [0, 0.1) is 16.7 Å². The predicted molar refractivity (Wildman–Crippen MR) is 75.5 cm³/mol. The van der Waals surface area contributed by atoms with Crippen molar-refractivity contribution in [3.63, 3.8) is 0 Å². The largest absolute Gasteiger partial charge is 0.464 e. The fraction of sp³-hybridized carbons (Fsp3) is 0.667. The molecule has 2 aliphatic rings. The number of esters is 1. The highest BCUT2D eigenvalue weighted by atomic mass is 32.1. The summed E-state index contributed by atoms with van der Waals surface area (Å²) in [5.41, 5.74) is 0.228. The molecule has 0 bridgehead atoms. The number of thiazole rings is 1. The van der Waals surface area contributed by atoms with Gasteiger partial charge in [0.15, 0.2) is 5.69 Å². The van der Waals surface area contributed by atoms with E-state index in [0.717, 1.165) is 17.8 Å². The van der Waals surface area contributed by atoms with Crippen molar-refractivity contribution < 1.29 is 9.53 Å². The molecule has 0 atom stereocenters. The first-order chi connectivity index (χ1) is 9.63. The lowest BCUT2D eigenvalue weighted by Gasteiger charge is -2.54. The van der Waals surface area contributed by atoms with E-state index in [0.29, 0.717) is 11.1 Å². The van der Waals surface area contributed by atoms with Crippen LogP contribution in [-0.4, -0.2) is 18.1 Å². The third-order valence-electron chi connectivity index (χ3n) is 4.79. The Hall–Kier alpha value is -1.41. The third-order valence-corrected chi connectivity index (χ3v) is 5.84. The van der Waals surface area contributed by atoms with Crippen LogP contribution in [0.1, 0.15) is 60.4 Å². The van der Waals surface area contributed by atoms with Gasteiger partial charge in [0.1, 0.15) is 10.4 Å². The van der Waals surface area contributed by atoms with Gasteiger partial charge < -0.3 is 4.74 Å². The number of aromatic nitrogens is 1. The van der Waals surface area contributed by atoms with Gasteiger partial charge in [-0.05, 0) is 31.1 Å². The summed E-state index contributed by atoms with van der Waals surface area (Å²) < 4.78 is 4.68. The lowest BCUT2D eigenvalue weighted by atomic mass is 9.49. The Morgan fingerprint density at radius 1 is 1.40 bits per heavy atom. The Balaban J connectivity index is 1.80. The Kier molecular flexibility index (Phi) is 3.29. The lowest BCUT2D eigenvalue weighted by Crippen LogP contribution is -2.49. The molecule has 0 saturated heterocycles. The van der Waals surface area contributed by atoms with Crippen LogP contribution in [-0.2, 0) is 10.2 Å². The second-order valence-electron chi connectivity index (χ2n) is 6.14. The lowest BCUT2D eigenvalue weighted by molar-refractivity contribution is 0.0166. The molecule has 2 saturated carbocycles. The number of nitrogens with zero attached hydrogens (tertiary/aromatic N) is 2. The molecule has 1 aromatic rings. The summed E-state index contributed by atoms with van der Waals surface area (Å²) in [5.74, 6) is -0.424. The zero-order valence-corrected chi connectivity index (χ0v) is 12.5. The SMILES string of the molecule is COC(=O)c1csc(C2(C#N)CC3(CCCCC3)C2)n1. The predicted octanol–water partition coefficient (Wildman–Crippen LogP) is 3.44. The Bertz CT molecular complexity index is 559. The van der Waals surface area contributed by atoms with E-state index in [4.69, 9.17) is 0 Å². The summed E-state index contributed by atoms with van der Waals surface area (Å²) >= 11 is 1.41. The average molecular weight is 290 g/mol. The second-order valence-corrected chi connectivity index (χ2v) is 7.00. The van der Waals surface area contributed by atoms with E-state index >= 15 is 0 Å². The van der Waals surface area contributed by atoms with Gasteiger partial charge in [0.05, 0.1) is 13.2 Å². The van der Waals surface area contributed by atoms with Gasteiger partial charge in [-0.3, -0.25) is 0 Å². The summed E-state index contributed by atoms with van der Waals surface area (Å²) in [6.07, 6.45) is 8.19. The van der Waals surface area contributed by atoms with Gasteiger partial charge in [0.25, 0.3) is 0 Å². The smallest absolute Gasteiger partial charge is 0.357 e. The molecule has 0 unspecified atom stereocenters. The van der Waals surface area contributed by atoms with E-state index in [1.807, 2.05) is 0 Å².